The lowest BCUT2D eigenvalue weighted by atomic mass is 10.2. The van der Waals surface area contributed by atoms with Crippen LogP contribution in [0.25, 0.3) is 11.0 Å². The Hall–Kier alpha value is -1.75. The van der Waals surface area contributed by atoms with Crippen LogP contribution in [0.4, 0.5) is 5.69 Å². The number of nitrogens with one attached hydrogen (secondary N) is 1. The van der Waals surface area contributed by atoms with Crippen molar-refractivity contribution in [1.29, 1.82) is 0 Å². The first kappa shape index (κ1) is 15.2. The number of rotatable bonds is 2. The molecule has 0 fully saturated rings. The lowest BCUT2D eigenvalue weighted by Crippen LogP contribution is -2.13. The molecule has 1 aromatic carbocycles. The maximum atomic E-state index is 12.4. The van der Waals surface area contributed by atoms with Crippen LogP contribution in [0.5, 0.6) is 0 Å². The van der Waals surface area contributed by atoms with Crippen molar-refractivity contribution >= 4 is 57.4 Å². The number of aryl methyl sites for hydroxylation is 1. The van der Waals surface area contributed by atoms with E-state index in [1.165, 1.54) is 6.20 Å². The summed E-state index contributed by atoms with van der Waals surface area (Å²) in [6, 6.07) is 6.79. The van der Waals surface area contributed by atoms with E-state index in [1.54, 1.807) is 35.0 Å². The van der Waals surface area contributed by atoms with Crippen LogP contribution in [-0.2, 0) is 7.05 Å². The lowest BCUT2D eigenvalue weighted by Gasteiger charge is -2.08. The number of pyridine rings is 1. The van der Waals surface area contributed by atoms with E-state index in [9.17, 15) is 4.79 Å². The van der Waals surface area contributed by atoms with Crippen molar-refractivity contribution in [1.82, 2.24) is 9.55 Å². The summed E-state index contributed by atoms with van der Waals surface area (Å²) in [5.41, 5.74) is 1.50. The summed E-state index contributed by atoms with van der Waals surface area (Å²) in [5.74, 6) is -0.360. The summed E-state index contributed by atoms with van der Waals surface area (Å²) in [6.07, 6.45) is 3.14. The molecule has 3 rings (SSSR count). The minimum Gasteiger partial charge on any atom is -0.334 e. The summed E-state index contributed by atoms with van der Waals surface area (Å²) in [6.45, 7) is 0. The van der Waals surface area contributed by atoms with Gasteiger partial charge in [-0.05, 0) is 24.3 Å². The van der Waals surface area contributed by atoms with Gasteiger partial charge >= 0.3 is 0 Å². The number of anilines is 1. The molecule has 0 saturated heterocycles. The average molecular weight is 355 g/mol. The smallest absolute Gasteiger partial charge is 0.258 e. The van der Waals surface area contributed by atoms with Crippen molar-refractivity contribution in [3.8, 4) is 0 Å². The molecular weight excluding hydrogens is 345 g/mol. The molecule has 0 unspecified atom stereocenters. The fraction of sp³-hybridized carbons (Fsp3) is 0.0667. The van der Waals surface area contributed by atoms with E-state index in [0.717, 1.165) is 0 Å². The van der Waals surface area contributed by atoms with Crippen molar-refractivity contribution in [2.24, 2.45) is 7.05 Å². The van der Waals surface area contributed by atoms with E-state index in [1.807, 2.05) is 7.05 Å². The largest absolute Gasteiger partial charge is 0.334 e. The first-order valence-electron chi connectivity index (χ1n) is 6.33. The molecule has 22 heavy (non-hydrogen) atoms. The Morgan fingerprint density at radius 1 is 1.18 bits per heavy atom. The van der Waals surface area contributed by atoms with Gasteiger partial charge in [0.25, 0.3) is 5.91 Å². The Bertz CT molecular complexity index is 872. The third-order valence-corrected chi connectivity index (χ3v) is 4.15. The van der Waals surface area contributed by atoms with Crippen molar-refractivity contribution in [2.75, 3.05) is 5.32 Å². The van der Waals surface area contributed by atoms with Crippen molar-refractivity contribution in [3.05, 3.63) is 57.3 Å². The molecular formula is C15H10Cl3N3O. The molecule has 0 radical (unpaired) electrons. The van der Waals surface area contributed by atoms with Gasteiger partial charge in [-0.3, -0.25) is 4.79 Å². The van der Waals surface area contributed by atoms with Crippen LogP contribution in [-0.4, -0.2) is 15.5 Å². The van der Waals surface area contributed by atoms with Gasteiger partial charge in [0.05, 0.1) is 21.0 Å². The predicted octanol–water partition coefficient (Wildman–Crippen LogP) is 4.79. The summed E-state index contributed by atoms with van der Waals surface area (Å²) >= 11 is 18.3. The number of benzene rings is 1. The van der Waals surface area contributed by atoms with Gasteiger partial charge in [0.15, 0.2) is 0 Å². The molecule has 0 bridgehead atoms. The molecule has 0 aliphatic heterocycles. The predicted molar refractivity (Wildman–Crippen MR) is 90.1 cm³/mol. The molecule has 112 valence electrons. The van der Waals surface area contributed by atoms with Crippen LogP contribution < -0.4 is 5.32 Å². The fourth-order valence-corrected chi connectivity index (χ4v) is 2.97. The molecule has 4 nitrogen and oxygen atoms in total. The fourth-order valence-electron chi connectivity index (χ4n) is 2.14. The quantitative estimate of drug-likeness (QED) is 0.719. The van der Waals surface area contributed by atoms with E-state index in [-0.39, 0.29) is 16.5 Å². The molecule has 1 amide bonds. The number of amides is 1. The van der Waals surface area contributed by atoms with E-state index in [0.29, 0.717) is 26.8 Å². The number of aromatic nitrogens is 2. The lowest BCUT2D eigenvalue weighted by molar-refractivity contribution is 0.102. The first-order chi connectivity index (χ1) is 10.5. The average Bonchev–Trinajstić information content (AvgIpc) is 2.77. The number of carbonyl (C=O) groups is 1. The third-order valence-electron chi connectivity index (χ3n) is 3.22. The molecule has 0 aliphatic rings. The number of nitrogens with zero attached hydrogens (tertiary/aromatic N) is 2. The van der Waals surface area contributed by atoms with Gasteiger partial charge < -0.3 is 9.88 Å². The zero-order valence-electron chi connectivity index (χ0n) is 11.4. The van der Waals surface area contributed by atoms with Crippen LogP contribution in [0.1, 0.15) is 10.4 Å². The Morgan fingerprint density at radius 3 is 2.55 bits per heavy atom. The first-order valence-corrected chi connectivity index (χ1v) is 7.46. The topological polar surface area (TPSA) is 46.9 Å². The molecule has 1 N–H and O–H groups in total. The number of hydrogen-bond donors (Lipinski definition) is 1. The summed E-state index contributed by atoms with van der Waals surface area (Å²) in [7, 11) is 1.81. The Morgan fingerprint density at radius 2 is 1.86 bits per heavy atom. The summed E-state index contributed by atoms with van der Waals surface area (Å²) in [4.78, 5) is 16.6. The minimum atomic E-state index is -0.360. The highest BCUT2D eigenvalue weighted by Gasteiger charge is 2.18. The molecule has 0 saturated carbocycles. The van der Waals surface area contributed by atoms with E-state index >= 15 is 0 Å². The third kappa shape index (κ3) is 2.65. The maximum absolute atomic E-state index is 12.4. The second-order valence-corrected chi connectivity index (χ2v) is 5.96. The van der Waals surface area contributed by atoms with Crippen LogP contribution in [0.2, 0.25) is 15.1 Å². The number of fused-ring (bicyclic) bond motifs is 1. The van der Waals surface area contributed by atoms with Crippen molar-refractivity contribution in [3.63, 3.8) is 0 Å². The molecule has 0 aliphatic carbocycles. The van der Waals surface area contributed by atoms with E-state index in [2.05, 4.69) is 10.3 Å². The monoisotopic (exact) mass is 353 g/mol. The Kier molecular flexibility index (Phi) is 4.00. The van der Waals surface area contributed by atoms with Crippen molar-refractivity contribution in [2.45, 2.75) is 0 Å². The van der Waals surface area contributed by atoms with Gasteiger partial charge in [-0.25, -0.2) is 4.98 Å². The highest BCUT2D eigenvalue weighted by atomic mass is 35.5. The molecule has 2 aromatic heterocycles. The van der Waals surface area contributed by atoms with Crippen LogP contribution in [0.15, 0.2) is 36.7 Å². The van der Waals surface area contributed by atoms with Crippen molar-refractivity contribution < 1.29 is 4.79 Å². The van der Waals surface area contributed by atoms with Crippen LogP contribution >= 0.6 is 34.8 Å². The van der Waals surface area contributed by atoms with Gasteiger partial charge in [0.1, 0.15) is 5.65 Å². The zero-order chi connectivity index (χ0) is 15.9. The normalized spacial score (nSPS) is 10.9. The Balaban J connectivity index is 1.99. The standard InChI is InChI=1S/C15H10Cl3N3O/c1-21-7-11(17)12-13(18)10(6-19-14(12)21)15(22)20-9-4-2-8(16)3-5-9/h2-7H,1H3,(H,20,22). The second-order valence-electron chi connectivity index (χ2n) is 4.73. The van der Waals surface area contributed by atoms with E-state index in [4.69, 9.17) is 34.8 Å². The van der Waals surface area contributed by atoms with E-state index < -0.39 is 0 Å². The summed E-state index contributed by atoms with van der Waals surface area (Å²) in [5, 5.41) is 4.64. The van der Waals surface area contributed by atoms with Gasteiger partial charge in [-0.1, -0.05) is 34.8 Å². The van der Waals surface area contributed by atoms with Gasteiger partial charge in [-0.2, -0.15) is 0 Å². The SMILES string of the molecule is Cn1cc(Cl)c2c(Cl)c(C(=O)Nc3ccc(Cl)cc3)cnc21. The van der Waals surface area contributed by atoms with Gasteiger partial charge in [0.2, 0.25) is 0 Å². The second kappa shape index (κ2) is 5.80. The number of hydrogen-bond acceptors (Lipinski definition) is 2. The molecule has 0 spiro atoms. The molecule has 0 atom stereocenters. The molecule has 3 aromatic rings. The van der Waals surface area contributed by atoms with Crippen LogP contribution in [0, 0.1) is 0 Å². The number of halogens is 3. The highest BCUT2D eigenvalue weighted by molar-refractivity contribution is 6.44. The maximum Gasteiger partial charge on any atom is 0.258 e. The minimum absolute atomic E-state index is 0.261. The highest BCUT2D eigenvalue weighted by Crippen LogP contribution is 2.33. The van der Waals surface area contributed by atoms with Gasteiger partial charge in [-0.15, -0.1) is 0 Å². The summed E-state index contributed by atoms with van der Waals surface area (Å²) < 4.78 is 1.75. The molecule has 7 heteroatoms. The Labute approximate surface area is 141 Å². The zero-order valence-corrected chi connectivity index (χ0v) is 13.7. The van der Waals surface area contributed by atoms with Crippen LogP contribution in [0.3, 0.4) is 0 Å². The van der Waals surface area contributed by atoms with Gasteiger partial charge in [0, 0.05) is 30.2 Å². The molecule has 2 heterocycles. The number of carbonyl (C=O) groups excluding carboxylic acids is 1.